The van der Waals surface area contributed by atoms with Crippen LogP contribution in [0.15, 0.2) is 23.1 Å². The summed E-state index contributed by atoms with van der Waals surface area (Å²) in [5.41, 5.74) is 6.06. The molecule has 0 unspecified atom stereocenters. The summed E-state index contributed by atoms with van der Waals surface area (Å²) in [6.45, 7) is 3.69. The number of rotatable bonds is 5. The first-order valence-corrected chi connectivity index (χ1v) is 11.5. The molecule has 0 aromatic heterocycles. The van der Waals surface area contributed by atoms with Crippen LogP contribution in [0.5, 0.6) is 0 Å². The largest absolute Gasteiger partial charge is 0.379 e. The van der Waals surface area contributed by atoms with Crippen LogP contribution in [0.2, 0.25) is 0 Å². The van der Waals surface area contributed by atoms with Crippen molar-refractivity contribution >= 4 is 44.6 Å². The van der Waals surface area contributed by atoms with Crippen molar-refractivity contribution in [2.75, 3.05) is 62.8 Å². The molecule has 2 saturated heterocycles. The van der Waals surface area contributed by atoms with E-state index in [1.54, 1.807) is 18.2 Å². The standard InChI is InChI=1S/C18H24N6O5S2/c19-4-3-17(25)21-22-18(30)20-15-13-14(31(26,27)24-7-11-29-12-8-24)1-2-16(15)23-5-9-28-10-6-23/h1-2,13H,3,5-12H2,(H,21,25)(H2,20,22,30). The van der Waals surface area contributed by atoms with Crippen LogP contribution >= 0.6 is 12.2 Å². The minimum absolute atomic E-state index is 0.0571. The molecule has 168 valence electrons. The van der Waals surface area contributed by atoms with Crippen LogP contribution < -0.4 is 21.1 Å². The maximum atomic E-state index is 13.1. The van der Waals surface area contributed by atoms with Crippen molar-refractivity contribution < 1.29 is 22.7 Å². The van der Waals surface area contributed by atoms with Crippen LogP contribution in [0.3, 0.4) is 0 Å². The van der Waals surface area contributed by atoms with Gasteiger partial charge in [0.15, 0.2) is 5.11 Å². The molecule has 1 amide bonds. The van der Waals surface area contributed by atoms with Gasteiger partial charge in [-0.3, -0.25) is 15.6 Å². The molecule has 0 spiro atoms. The molecule has 0 atom stereocenters. The van der Waals surface area contributed by atoms with Crippen molar-refractivity contribution in [1.82, 2.24) is 15.2 Å². The van der Waals surface area contributed by atoms with Gasteiger partial charge in [0.25, 0.3) is 5.91 Å². The molecule has 2 aliphatic heterocycles. The van der Waals surface area contributed by atoms with E-state index in [4.69, 9.17) is 27.0 Å². The van der Waals surface area contributed by atoms with Crippen molar-refractivity contribution in [2.24, 2.45) is 0 Å². The first-order valence-electron chi connectivity index (χ1n) is 9.69. The van der Waals surface area contributed by atoms with Gasteiger partial charge in [-0.05, 0) is 30.4 Å². The number of morpholine rings is 2. The Morgan fingerprint density at radius 1 is 1.10 bits per heavy atom. The number of hydrogen-bond acceptors (Lipinski definition) is 8. The highest BCUT2D eigenvalue weighted by atomic mass is 32.2. The summed E-state index contributed by atoms with van der Waals surface area (Å²) in [6.07, 6.45) is -0.318. The van der Waals surface area contributed by atoms with E-state index in [0.717, 1.165) is 5.69 Å². The zero-order chi connectivity index (χ0) is 22.3. The van der Waals surface area contributed by atoms with Crippen molar-refractivity contribution in [3.05, 3.63) is 18.2 Å². The quantitative estimate of drug-likeness (QED) is 0.393. The highest BCUT2D eigenvalue weighted by Crippen LogP contribution is 2.31. The lowest BCUT2D eigenvalue weighted by Gasteiger charge is -2.31. The number of hydrogen-bond donors (Lipinski definition) is 3. The van der Waals surface area contributed by atoms with Crippen molar-refractivity contribution in [1.29, 1.82) is 5.26 Å². The van der Waals surface area contributed by atoms with Gasteiger partial charge in [0, 0.05) is 26.2 Å². The summed E-state index contributed by atoms with van der Waals surface area (Å²) in [6, 6.07) is 6.57. The van der Waals surface area contributed by atoms with Crippen LogP contribution in [-0.4, -0.2) is 76.3 Å². The zero-order valence-corrected chi connectivity index (χ0v) is 18.4. The molecule has 0 radical (unpaired) electrons. The average molecular weight is 469 g/mol. The molecule has 31 heavy (non-hydrogen) atoms. The van der Waals surface area contributed by atoms with Crippen molar-refractivity contribution in [3.63, 3.8) is 0 Å². The summed E-state index contributed by atoms with van der Waals surface area (Å²) < 4.78 is 38.2. The first kappa shape index (κ1) is 23.2. The van der Waals surface area contributed by atoms with Crippen LogP contribution in [0.1, 0.15) is 6.42 Å². The summed E-state index contributed by atoms with van der Waals surface area (Å²) >= 11 is 5.22. The molecule has 0 saturated carbocycles. The van der Waals surface area contributed by atoms with Crippen LogP contribution in [0.25, 0.3) is 0 Å². The predicted molar refractivity (Wildman–Crippen MR) is 117 cm³/mol. The number of benzene rings is 1. The normalized spacial score (nSPS) is 17.5. The topological polar surface area (TPSA) is 136 Å². The number of anilines is 2. The molecule has 13 heteroatoms. The lowest BCUT2D eigenvalue weighted by atomic mass is 10.2. The first-order chi connectivity index (χ1) is 14.9. The number of nitriles is 1. The van der Waals surface area contributed by atoms with Gasteiger partial charge >= 0.3 is 0 Å². The van der Waals surface area contributed by atoms with Crippen LogP contribution in [-0.2, 0) is 24.3 Å². The number of carbonyl (C=O) groups excluding carboxylic acids is 1. The molecule has 3 rings (SSSR count). The van der Waals surface area contributed by atoms with Gasteiger partial charge < -0.3 is 19.7 Å². The van der Waals surface area contributed by atoms with Crippen LogP contribution in [0, 0.1) is 11.3 Å². The third-order valence-corrected chi connectivity index (χ3v) is 6.83. The number of amides is 1. The Balaban J connectivity index is 1.84. The van der Waals surface area contributed by atoms with Gasteiger partial charge in [-0.1, -0.05) is 0 Å². The number of thiocarbonyl (C=S) groups is 1. The van der Waals surface area contributed by atoms with Gasteiger partial charge in [0.05, 0.1) is 48.8 Å². The maximum Gasteiger partial charge on any atom is 0.252 e. The maximum absolute atomic E-state index is 13.1. The minimum atomic E-state index is -3.70. The van der Waals surface area contributed by atoms with Gasteiger partial charge in [-0.2, -0.15) is 9.57 Å². The Labute approximate surface area is 186 Å². The number of carbonyl (C=O) groups is 1. The monoisotopic (exact) mass is 468 g/mol. The van der Waals surface area contributed by atoms with E-state index in [9.17, 15) is 13.2 Å². The Hall–Kier alpha value is -2.50. The summed E-state index contributed by atoms with van der Waals surface area (Å²) in [5.74, 6) is -0.538. The molecule has 2 aliphatic rings. The van der Waals surface area contributed by atoms with E-state index in [1.807, 2.05) is 0 Å². The number of hydrazine groups is 1. The molecule has 3 N–H and O–H groups in total. The number of nitrogens with one attached hydrogen (secondary N) is 3. The fourth-order valence-electron chi connectivity index (χ4n) is 3.19. The highest BCUT2D eigenvalue weighted by Gasteiger charge is 2.28. The van der Waals surface area contributed by atoms with E-state index < -0.39 is 15.9 Å². The molecule has 1 aromatic carbocycles. The lowest BCUT2D eigenvalue weighted by Crippen LogP contribution is -2.44. The molecule has 2 fully saturated rings. The zero-order valence-electron chi connectivity index (χ0n) is 16.8. The number of nitrogens with zero attached hydrogens (tertiary/aromatic N) is 3. The molecular weight excluding hydrogens is 444 g/mol. The highest BCUT2D eigenvalue weighted by molar-refractivity contribution is 7.89. The molecule has 1 aromatic rings. The van der Waals surface area contributed by atoms with E-state index >= 15 is 0 Å². The van der Waals surface area contributed by atoms with Crippen molar-refractivity contribution in [2.45, 2.75) is 11.3 Å². The van der Waals surface area contributed by atoms with E-state index in [-0.39, 0.29) is 16.4 Å². The van der Waals surface area contributed by atoms with Gasteiger partial charge in [0.1, 0.15) is 6.42 Å². The van der Waals surface area contributed by atoms with Crippen LogP contribution in [0.4, 0.5) is 11.4 Å². The van der Waals surface area contributed by atoms with E-state index in [2.05, 4.69) is 21.1 Å². The Kier molecular flexibility index (Phi) is 7.99. The third kappa shape index (κ3) is 6.02. The summed E-state index contributed by atoms with van der Waals surface area (Å²) in [5, 5.41) is 11.6. The number of sulfonamides is 1. The second kappa shape index (κ2) is 10.7. The SMILES string of the molecule is N#CCC(=O)NNC(=S)Nc1cc(S(=O)(=O)N2CCOCC2)ccc1N1CCOCC1. The molecule has 0 aliphatic carbocycles. The van der Waals surface area contributed by atoms with Crippen molar-refractivity contribution in [3.8, 4) is 6.07 Å². The molecule has 2 heterocycles. The Bertz CT molecular complexity index is 953. The number of ether oxygens (including phenoxy) is 2. The molecule has 11 nitrogen and oxygen atoms in total. The minimum Gasteiger partial charge on any atom is -0.379 e. The summed E-state index contributed by atoms with van der Waals surface area (Å²) in [7, 11) is -3.70. The summed E-state index contributed by atoms with van der Waals surface area (Å²) in [4.78, 5) is 13.7. The molecule has 0 bridgehead atoms. The van der Waals surface area contributed by atoms with Gasteiger partial charge in [-0.25, -0.2) is 8.42 Å². The second-order valence-electron chi connectivity index (χ2n) is 6.76. The van der Waals surface area contributed by atoms with Gasteiger partial charge in [0.2, 0.25) is 10.0 Å². The fourth-order valence-corrected chi connectivity index (χ4v) is 4.78. The second-order valence-corrected chi connectivity index (χ2v) is 9.10. The Morgan fingerprint density at radius 3 is 2.39 bits per heavy atom. The lowest BCUT2D eigenvalue weighted by molar-refractivity contribution is -0.120. The fraction of sp³-hybridized carbons (Fsp3) is 0.500. The van der Waals surface area contributed by atoms with Gasteiger partial charge in [-0.15, -0.1) is 0 Å². The third-order valence-electron chi connectivity index (χ3n) is 4.73. The smallest absolute Gasteiger partial charge is 0.252 e. The predicted octanol–water partition coefficient (Wildman–Crippen LogP) is -0.225. The van der Waals surface area contributed by atoms with E-state index in [0.29, 0.717) is 58.3 Å². The van der Waals surface area contributed by atoms with E-state index in [1.165, 1.54) is 10.4 Å². The average Bonchev–Trinajstić information content (AvgIpc) is 2.79. The molecular formula is C18H24N6O5S2. The Morgan fingerprint density at radius 2 is 1.74 bits per heavy atom.